The molecule has 1 aliphatic rings. The van der Waals surface area contributed by atoms with Gasteiger partial charge in [-0.2, -0.15) is 0 Å². The summed E-state index contributed by atoms with van der Waals surface area (Å²) < 4.78 is 10.0. The summed E-state index contributed by atoms with van der Waals surface area (Å²) in [4.78, 5) is 22.3. The Labute approximate surface area is 95.6 Å². The van der Waals surface area contributed by atoms with Gasteiger partial charge in [0.15, 0.2) is 0 Å². The number of rotatable bonds is 0. The van der Waals surface area contributed by atoms with Gasteiger partial charge in [-0.3, -0.25) is 9.59 Å². The van der Waals surface area contributed by atoms with E-state index in [9.17, 15) is 9.59 Å². The Kier molecular flexibility index (Phi) is 6.30. The predicted octanol–water partition coefficient (Wildman–Crippen LogP) is 1.98. The first kappa shape index (κ1) is 12.7. The first-order valence-corrected chi connectivity index (χ1v) is 5.75. The van der Waals surface area contributed by atoms with Crippen molar-refractivity contribution in [2.75, 3.05) is 13.2 Å². The molecule has 1 aliphatic heterocycles. The number of cyclic esters (lactones) is 2. The van der Waals surface area contributed by atoms with E-state index in [1.165, 1.54) is 0 Å². The van der Waals surface area contributed by atoms with E-state index >= 15 is 0 Å². The number of hydrogen-bond donors (Lipinski definition) is 0. The van der Waals surface area contributed by atoms with E-state index in [1.54, 1.807) is 0 Å². The fourth-order valence-electron chi connectivity index (χ4n) is 1.40. The standard InChI is InChI=1S/C12H18O4/c13-11-7-3-4-8-12(14)16-10-6-2-1-5-9-15-11/h1-2H,3-10H2/b2-1+. The molecule has 0 saturated carbocycles. The van der Waals surface area contributed by atoms with Crippen LogP contribution in [-0.2, 0) is 19.1 Å². The molecule has 0 saturated heterocycles. The Morgan fingerprint density at radius 2 is 1.25 bits per heavy atom. The number of esters is 2. The average Bonchev–Trinajstić information content (AvgIpc) is 2.27. The molecule has 0 unspecified atom stereocenters. The molecule has 4 nitrogen and oxygen atoms in total. The molecule has 0 aromatic carbocycles. The molecular weight excluding hydrogens is 208 g/mol. The van der Waals surface area contributed by atoms with Crippen molar-refractivity contribution < 1.29 is 19.1 Å². The average molecular weight is 226 g/mol. The smallest absolute Gasteiger partial charge is 0.305 e. The maximum Gasteiger partial charge on any atom is 0.305 e. The van der Waals surface area contributed by atoms with Crippen LogP contribution in [0.2, 0.25) is 0 Å². The summed E-state index contributed by atoms with van der Waals surface area (Å²) in [6, 6.07) is 0. The summed E-state index contributed by atoms with van der Waals surface area (Å²) in [5.41, 5.74) is 0. The summed E-state index contributed by atoms with van der Waals surface area (Å²) in [7, 11) is 0. The van der Waals surface area contributed by atoms with Crippen LogP contribution in [0.15, 0.2) is 12.2 Å². The first-order valence-electron chi connectivity index (χ1n) is 5.75. The van der Waals surface area contributed by atoms with E-state index in [1.807, 2.05) is 12.2 Å². The molecule has 4 heteroatoms. The first-order chi connectivity index (χ1) is 7.79. The third-order valence-electron chi connectivity index (χ3n) is 2.27. The van der Waals surface area contributed by atoms with Crippen LogP contribution in [0.1, 0.15) is 38.5 Å². The highest BCUT2D eigenvalue weighted by molar-refractivity contribution is 5.70. The largest absolute Gasteiger partial charge is 0.465 e. The molecule has 0 fully saturated rings. The van der Waals surface area contributed by atoms with Gasteiger partial charge >= 0.3 is 11.9 Å². The topological polar surface area (TPSA) is 52.6 Å². The Bertz CT molecular complexity index is 232. The number of carbonyl (C=O) groups excluding carboxylic acids is 2. The molecule has 0 atom stereocenters. The van der Waals surface area contributed by atoms with Gasteiger partial charge in [0.25, 0.3) is 0 Å². The normalized spacial score (nSPS) is 22.8. The molecule has 16 heavy (non-hydrogen) atoms. The van der Waals surface area contributed by atoms with Crippen LogP contribution in [0.5, 0.6) is 0 Å². The predicted molar refractivity (Wildman–Crippen MR) is 58.8 cm³/mol. The Balaban J connectivity index is 2.33. The molecule has 0 aromatic rings. The van der Waals surface area contributed by atoms with Gasteiger partial charge in [0, 0.05) is 12.8 Å². The molecule has 0 N–H and O–H groups in total. The zero-order chi connectivity index (χ0) is 11.6. The molecule has 1 rings (SSSR count). The monoisotopic (exact) mass is 226 g/mol. The fraction of sp³-hybridized carbons (Fsp3) is 0.667. The Morgan fingerprint density at radius 1 is 0.812 bits per heavy atom. The lowest BCUT2D eigenvalue weighted by atomic mass is 10.2. The minimum absolute atomic E-state index is 0.182. The van der Waals surface area contributed by atoms with Crippen LogP contribution in [-0.4, -0.2) is 25.2 Å². The van der Waals surface area contributed by atoms with Crippen LogP contribution in [0.4, 0.5) is 0 Å². The van der Waals surface area contributed by atoms with Crippen molar-refractivity contribution >= 4 is 11.9 Å². The Morgan fingerprint density at radius 3 is 1.69 bits per heavy atom. The van der Waals surface area contributed by atoms with Crippen molar-refractivity contribution in [3.63, 3.8) is 0 Å². The molecular formula is C12H18O4. The third kappa shape index (κ3) is 6.22. The summed E-state index contributed by atoms with van der Waals surface area (Å²) in [5.74, 6) is -0.363. The van der Waals surface area contributed by atoms with E-state index in [0.29, 0.717) is 38.9 Å². The second-order valence-electron chi connectivity index (χ2n) is 3.70. The van der Waals surface area contributed by atoms with E-state index in [-0.39, 0.29) is 11.9 Å². The molecule has 0 amide bonds. The van der Waals surface area contributed by atoms with Crippen molar-refractivity contribution in [1.82, 2.24) is 0 Å². The molecule has 0 radical (unpaired) electrons. The molecule has 0 spiro atoms. The highest BCUT2D eigenvalue weighted by Crippen LogP contribution is 2.04. The van der Waals surface area contributed by atoms with E-state index in [0.717, 1.165) is 12.8 Å². The fourth-order valence-corrected chi connectivity index (χ4v) is 1.40. The molecule has 1 heterocycles. The molecule has 90 valence electrons. The molecule has 0 aliphatic carbocycles. The maximum absolute atomic E-state index is 11.2. The van der Waals surface area contributed by atoms with Gasteiger partial charge in [0.1, 0.15) is 0 Å². The summed E-state index contributed by atoms with van der Waals surface area (Å²) in [6.07, 6.45) is 7.46. The summed E-state index contributed by atoms with van der Waals surface area (Å²) in [5, 5.41) is 0. The number of ether oxygens (including phenoxy) is 2. The van der Waals surface area contributed by atoms with Crippen molar-refractivity contribution in [3.8, 4) is 0 Å². The van der Waals surface area contributed by atoms with Crippen molar-refractivity contribution in [3.05, 3.63) is 12.2 Å². The van der Waals surface area contributed by atoms with Crippen LogP contribution >= 0.6 is 0 Å². The lowest BCUT2D eigenvalue weighted by Crippen LogP contribution is -2.08. The quantitative estimate of drug-likeness (QED) is 0.468. The summed E-state index contributed by atoms with van der Waals surface area (Å²) >= 11 is 0. The van der Waals surface area contributed by atoms with Gasteiger partial charge in [0.05, 0.1) is 13.2 Å². The Hall–Kier alpha value is -1.32. The maximum atomic E-state index is 11.2. The van der Waals surface area contributed by atoms with Crippen LogP contribution in [0, 0.1) is 0 Å². The van der Waals surface area contributed by atoms with E-state index in [4.69, 9.17) is 9.47 Å². The van der Waals surface area contributed by atoms with E-state index < -0.39 is 0 Å². The van der Waals surface area contributed by atoms with Gasteiger partial charge in [-0.15, -0.1) is 0 Å². The SMILES string of the molecule is O=C1CCCCC(=O)OCC/C=C/CCO1. The van der Waals surface area contributed by atoms with Gasteiger partial charge < -0.3 is 9.47 Å². The zero-order valence-corrected chi connectivity index (χ0v) is 9.44. The second-order valence-corrected chi connectivity index (χ2v) is 3.70. The molecule has 0 bridgehead atoms. The third-order valence-corrected chi connectivity index (χ3v) is 2.27. The lowest BCUT2D eigenvalue weighted by Gasteiger charge is -2.05. The zero-order valence-electron chi connectivity index (χ0n) is 9.44. The van der Waals surface area contributed by atoms with Crippen molar-refractivity contribution in [2.24, 2.45) is 0 Å². The molecule has 0 aromatic heterocycles. The lowest BCUT2D eigenvalue weighted by molar-refractivity contribution is -0.145. The van der Waals surface area contributed by atoms with E-state index in [2.05, 4.69) is 0 Å². The number of carbonyl (C=O) groups is 2. The number of hydrogen-bond acceptors (Lipinski definition) is 4. The minimum Gasteiger partial charge on any atom is -0.465 e. The van der Waals surface area contributed by atoms with Crippen LogP contribution in [0.25, 0.3) is 0 Å². The van der Waals surface area contributed by atoms with Crippen molar-refractivity contribution in [2.45, 2.75) is 38.5 Å². The van der Waals surface area contributed by atoms with Gasteiger partial charge in [-0.05, 0) is 25.7 Å². The highest BCUT2D eigenvalue weighted by atomic mass is 16.5. The minimum atomic E-state index is -0.182. The van der Waals surface area contributed by atoms with Crippen LogP contribution in [0.3, 0.4) is 0 Å². The highest BCUT2D eigenvalue weighted by Gasteiger charge is 2.05. The van der Waals surface area contributed by atoms with Gasteiger partial charge in [-0.25, -0.2) is 0 Å². The van der Waals surface area contributed by atoms with Crippen molar-refractivity contribution in [1.29, 1.82) is 0 Å². The van der Waals surface area contributed by atoms with Crippen LogP contribution < -0.4 is 0 Å². The van der Waals surface area contributed by atoms with Gasteiger partial charge in [-0.1, -0.05) is 12.2 Å². The van der Waals surface area contributed by atoms with Gasteiger partial charge in [0.2, 0.25) is 0 Å². The second kappa shape index (κ2) is 7.91. The summed E-state index contributed by atoms with van der Waals surface area (Å²) in [6.45, 7) is 0.879.